The average molecular weight is 533 g/mol. The molecule has 4 atom stereocenters. The molecular formula is C31H40N4O4. The van der Waals surface area contributed by atoms with Crippen LogP contribution in [0.15, 0.2) is 47.5 Å². The molecule has 3 fully saturated rings. The second-order valence-corrected chi connectivity index (χ2v) is 11.7. The van der Waals surface area contributed by atoms with Crippen molar-refractivity contribution in [3.8, 4) is 5.75 Å². The van der Waals surface area contributed by atoms with Gasteiger partial charge in [0.1, 0.15) is 11.3 Å². The second kappa shape index (κ2) is 11.2. The third-order valence-electron chi connectivity index (χ3n) is 9.33. The fraction of sp³-hybridized carbons (Fsp3) is 0.548. The molecule has 8 nitrogen and oxygen atoms in total. The highest BCUT2D eigenvalue weighted by Crippen LogP contribution is 2.44. The van der Waals surface area contributed by atoms with Crippen molar-refractivity contribution in [1.82, 2.24) is 4.90 Å². The third kappa shape index (κ3) is 5.24. The number of aliphatic imine (C=N–C) groups is 1. The molecule has 2 aromatic carbocycles. The Morgan fingerprint density at radius 3 is 2.31 bits per heavy atom. The number of carboxylic acid groups (broad SMARTS) is 1. The van der Waals surface area contributed by atoms with Crippen LogP contribution < -0.4 is 10.2 Å². The van der Waals surface area contributed by atoms with Crippen molar-refractivity contribution in [2.75, 3.05) is 10.2 Å². The van der Waals surface area contributed by atoms with E-state index in [4.69, 9.17) is 4.99 Å². The number of anilines is 2. The predicted octanol–water partition coefficient (Wildman–Crippen LogP) is 5.35. The van der Waals surface area contributed by atoms with Gasteiger partial charge in [0, 0.05) is 24.2 Å². The van der Waals surface area contributed by atoms with Crippen LogP contribution in [-0.4, -0.2) is 62.4 Å². The van der Waals surface area contributed by atoms with Crippen molar-refractivity contribution in [2.45, 2.75) is 108 Å². The van der Waals surface area contributed by atoms with E-state index in [-0.39, 0.29) is 23.9 Å². The van der Waals surface area contributed by atoms with Crippen molar-refractivity contribution in [3.63, 3.8) is 0 Å². The number of hydrogen-bond donors (Lipinski definition) is 4. The summed E-state index contributed by atoms with van der Waals surface area (Å²) in [6.07, 6.45) is 13.2. The van der Waals surface area contributed by atoms with E-state index in [1.54, 1.807) is 6.07 Å². The maximum atomic E-state index is 11.7. The zero-order valence-corrected chi connectivity index (χ0v) is 22.5. The lowest BCUT2D eigenvalue weighted by atomic mass is 9.88. The minimum absolute atomic E-state index is 0.150. The minimum Gasteiger partial charge on any atom is -0.507 e. The fourth-order valence-electron chi connectivity index (χ4n) is 7.56. The largest absolute Gasteiger partial charge is 0.507 e. The van der Waals surface area contributed by atoms with Gasteiger partial charge in [0.05, 0.1) is 17.9 Å². The molecule has 6 rings (SSSR count). The van der Waals surface area contributed by atoms with Crippen LogP contribution in [0.4, 0.5) is 11.4 Å². The first kappa shape index (κ1) is 26.1. The Balaban J connectivity index is 1.23. The molecule has 4 N–H and O–H groups in total. The van der Waals surface area contributed by atoms with Gasteiger partial charge in [0.15, 0.2) is 12.1 Å². The molecule has 4 aliphatic rings. The van der Waals surface area contributed by atoms with Gasteiger partial charge in [-0.3, -0.25) is 9.89 Å². The Hall–Kier alpha value is -3.10. The number of nitrogens with one attached hydrogen (secondary N) is 1. The summed E-state index contributed by atoms with van der Waals surface area (Å²) in [6, 6.07) is 14.6. The molecule has 0 radical (unpaired) electrons. The molecule has 0 amide bonds. The summed E-state index contributed by atoms with van der Waals surface area (Å²) in [4.78, 5) is 21.2. The lowest BCUT2D eigenvalue weighted by molar-refractivity contribution is 0.0555. The number of phenols is 1. The van der Waals surface area contributed by atoms with E-state index in [2.05, 4.69) is 21.2 Å². The van der Waals surface area contributed by atoms with Crippen molar-refractivity contribution < 1.29 is 20.1 Å². The third-order valence-corrected chi connectivity index (χ3v) is 9.33. The monoisotopic (exact) mass is 532 g/mol. The molecule has 1 aliphatic carbocycles. The molecule has 2 bridgehead atoms. The standard InChI is InChI=1S/C31H40N4O4/c36-28-15-12-20(16-25(28)31(38)39)19-32-29-30(37)35(27-11-7-6-10-26(27)33-29)24-17-22-13-14-23(18-24)34(22)21-8-4-2-1-3-5-9-21/h6-7,10-12,15-16,21-24,30,36-37H,1-5,8-9,13-14,17-19H2,(H,32,33)(H,38,39)/t22-,23+,24?,30?. The molecule has 2 aromatic rings. The van der Waals surface area contributed by atoms with Crippen LogP contribution in [0.25, 0.3) is 0 Å². The number of carboxylic acids is 1. The number of para-hydroxylation sites is 2. The van der Waals surface area contributed by atoms with Gasteiger partial charge < -0.3 is 25.5 Å². The van der Waals surface area contributed by atoms with Gasteiger partial charge >= 0.3 is 5.97 Å². The molecule has 2 saturated heterocycles. The first-order valence-electron chi connectivity index (χ1n) is 14.7. The fourth-order valence-corrected chi connectivity index (χ4v) is 7.56. The van der Waals surface area contributed by atoms with E-state index in [1.165, 1.54) is 69.9 Å². The zero-order chi connectivity index (χ0) is 26.9. The van der Waals surface area contributed by atoms with Crippen LogP contribution in [0.1, 0.15) is 86.6 Å². The van der Waals surface area contributed by atoms with Crippen molar-refractivity contribution in [1.29, 1.82) is 0 Å². The summed E-state index contributed by atoms with van der Waals surface area (Å²) in [5.41, 5.74) is 2.44. The number of nitrogens with zero attached hydrogens (tertiary/aromatic N) is 3. The summed E-state index contributed by atoms with van der Waals surface area (Å²) in [7, 11) is 0. The van der Waals surface area contributed by atoms with Gasteiger partial charge in [-0.05, 0) is 68.4 Å². The SMILES string of the molecule is O=C(O)c1cc(CN=C2Nc3ccccc3N(C3C[C@H]4CC[C@@H](C3)N4C3CCCCCCC3)C2O)ccc1O. The number of aliphatic hydroxyl groups excluding tert-OH is 1. The number of benzene rings is 2. The first-order chi connectivity index (χ1) is 19.0. The topological polar surface area (TPSA) is 109 Å². The van der Waals surface area contributed by atoms with Gasteiger partial charge in [-0.15, -0.1) is 0 Å². The Kier molecular flexibility index (Phi) is 7.49. The van der Waals surface area contributed by atoms with Crippen molar-refractivity contribution in [3.05, 3.63) is 53.6 Å². The number of piperidine rings is 1. The molecular weight excluding hydrogens is 492 g/mol. The quantitative estimate of drug-likeness (QED) is 0.411. The lowest BCUT2D eigenvalue weighted by Gasteiger charge is -2.50. The van der Waals surface area contributed by atoms with Gasteiger partial charge in [0.2, 0.25) is 0 Å². The van der Waals surface area contributed by atoms with Crippen LogP contribution in [0.2, 0.25) is 0 Å². The number of carbonyl (C=O) groups is 1. The number of amidine groups is 1. The highest BCUT2D eigenvalue weighted by molar-refractivity contribution is 6.06. The van der Waals surface area contributed by atoms with Crippen LogP contribution >= 0.6 is 0 Å². The van der Waals surface area contributed by atoms with E-state index in [0.717, 1.165) is 24.2 Å². The number of hydrogen-bond acceptors (Lipinski definition) is 6. The number of rotatable bonds is 5. The molecule has 208 valence electrons. The summed E-state index contributed by atoms with van der Waals surface area (Å²) < 4.78 is 0. The van der Waals surface area contributed by atoms with Gasteiger partial charge in [0.25, 0.3) is 0 Å². The van der Waals surface area contributed by atoms with Gasteiger partial charge in [-0.2, -0.15) is 0 Å². The van der Waals surface area contributed by atoms with Crippen LogP contribution in [-0.2, 0) is 6.54 Å². The Labute approximate surface area is 230 Å². The van der Waals surface area contributed by atoms with Crippen LogP contribution in [0.3, 0.4) is 0 Å². The molecule has 3 heterocycles. The van der Waals surface area contributed by atoms with Crippen LogP contribution in [0, 0.1) is 0 Å². The lowest BCUT2D eigenvalue weighted by Crippen LogP contribution is -2.59. The van der Waals surface area contributed by atoms with Crippen LogP contribution in [0.5, 0.6) is 5.75 Å². The second-order valence-electron chi connectivity index (χ2n) is 11.7. The van der Waals surface area contributed by atoms with E-state index < -0.39 is 12.2 Å². The zero-order valence-electron chi connectivity index (χ0n) is 22.5. The highest BCUT2D eigenvalue weighted by Gasteiger charge is 2.47. The Morgan fingerprint density at radius 1 is 0.897 bits per heavy atom. The van der Waals surface area contributed by atoms with E-state index in [9.17, 15) is 20.1 Å². The summed E-state index contributed by atoms with van der Waals surface area (Å²) >= 11 is 0. The normalized spacial score (nSPS) is 28.9. The molecule has 0 spiro atoms. The maximum Gasteiger partial charge on any atom is 0.339 e. The molecule has 39 heavy (non-hydrogen) atoms. The summed E-state index contributed by atoms with van der Waals surface area (Å²) in [6.45, 7) is 0.196. The molecule has 8 heteroatoms. The summed E-state index contributed by atoms with van der Waals surface area (Å²) in [5, 5.41) is 34.2. The summed E-state index contributed by atoms with van der Waals surface area (Å²) in [5.74, 6) is -0.984. The molecule has 3 aliphatic heterocycles. The molecule has 0 aromatic heterocycles. The van der Waals surface area contributed by atoms with E-state index >= 15 is 0 Å². The average Bonchev–Trinajstić information content (AvgIpc) is 3.16. The number of fused-ring (bicyclic) bond motifs is 3. The van der Waals surface area contributed by atoms with Gasteiger partial charge in [-0.1, -0.05) is 50.3 Å². The number of aliphatic hydroxyl groups is 1. The van der Waals surface area contributed by atoms with Crippen molar-refractivity contribution in [2.24, 2.45) is 4.99 Å². The van der Waals surface area contributed by atoms with E-state index in [1.807, 2.05) is 18.2 Å². The number of aromatic carboxylic acids is 1. The minimum atomic E-state index is -1.18. The first-order valence-corrected chi connectivity index (χ1v) is 14.7. The van der Waals surface area contributed by atoms with E-state index in [0.29, 0.717) is 29.5 Å². The maximum absolute atomic E-state index is 11.7. The smallest absolute Gasteiger partial charge is 0.339 e. The Morgan fingerprint density at radius 2 is 1.59 bits per heavy atom. The predicted molar refractivity (Wildman–Crippen MR) is 153 cm³/mol. The molecule has 2 unspecified atom stereocenters. The van der Waals surface area contributed by atoms with Gasteiger partial charge in [-0.25, -0.2) is 4.79 Å². The highest BCUT2D eigenvalue weighted by atomic mass is 16.4. The Bertz CT molecular complexity index is 1210. The molecule has 1 saturated carbocycles. The number of aromatic hydroxyl groups is 1. The van der Waals surface area contributed by atoms with Crippen molar-refractivity contribution >= 4 is 23.2 Å².